The summed E-state index contributed by atoms with van der Waals surface area (Å²) in [7, 11) is 0. The number of aromatic nitrogens is 1. The van der Waals surface area contributed by atoms with E-state index in [4.69, 9.17) is 0 Å². The highest BCUT2D eigenvalue weighted by Gasteiger charge is 1.99. The number of pyridine rings is 1. The highest BCUT2D eigenvalue weighted by atomic mass is 16.1. The maximum Gasteiger partial charge on any atom is 0.238 e. The largest absolute Gasteiger partial charge is 0.325 e. The SMILES string of the molecule is C=CCNCC(=O)Nc1ccncc1. The second-order valence-corrected chi connectivity index (χ2v) is 2.70. The van der Waals surface area contributed by atoms with Crippen molar-refractivity contribution in [3.63, 3.8) is 0 Å². The van der Waals surface area contributed by atoms with Gasteiger partial charge in [-0.25, -0.2) is 0 Å². The normalized spacial score (nSPS) is 9.43. The number of amides is 1. The van der Waals surface area contributed by atoms with Crippen LogP contribution in [-0.4, -0.2) is 24.0 Å². The second-order valence-electron chi connectivity index (χ2n) is 2.70. The summed E-state index contributed by atoms with van der Waals surface area (Å²) in [5.74, 6) is -0.0712. The van der Waals surface area contributed by atoms with Gasteiger partial charge < -0.3 is 10.6 Å². The van der Waals surface area contributed by atoms with E-state index in [0.717, 1.165) is 5.69 Å². The van der Waals surface area contributed by atoms with Gasteiger partial charge in [-0.05, 0) is 12.1 Å². The van der Waals surface area contributed by atoms with Crippen LogP contribution in [0.5, 0.6) is 0 Å². The molecule has 0 radical (unpaired) electrons. The number of rotatable bonds is 5. The summed E-state index contributed by atoms with van der Waals surface area (Å²) in [6.07, 6.45) is 4.97. The van der Waals surface area contributed by atoms with E-state index in [9.17, 15) is 4.79 Å². The number of nitrogens with one attached hydrogen (secondary N) is 2. The molecule has 0 aliphatic heterocycles. The molecule has 0 unspecified atom stereocenters. The standard InChI is InChI=1S/C10H13N3O/c1-2-5-12-8-10(14)13-9-3-6-11-7-4-9/h2-4,6-7,12H,1,5,8H2,(H,11,13,14). The molecule has 1 rings (SSSR count). The number of nitrogens with zero attached hydrogens (tertiary/aromatic N) is 1. The molecule has 0 aliphatic rings. The highest BCUT2D eigenvalue weighted by molar-refractivity contribution is 5.92. The number of carbonyl (C=O) groups excluding carboxylic acids is 1. The maximum atomic E-state index is 11.3. The van der Waals surface area contributed by atoms with E-state index < -0.39 is 0 Å². The minimum absolute atomic E-state index is 0.0712. The zero-order chi connectivity index (χ0) is 10.2. The lowest BCUT2D eigenvalue weighted by Crippen LogP contribution is -2.28. The van der Waals surface area contributed by atoms with Gasteiger partial charge in [-0.1, -0.05) is 6.08 Å². The Hall–Kier alpha value is -1.68. The third-order valence-electron chi connectivity index (χ3n) is 1.54. The first-order valence-corrected chi connectivity index (χ1v) is 4.34. The molecule has 1 heterocycles. The van der Waals surface area contributed by atoms with Crippen LogP contribution in [0.2, 0.25) is 0 Å². The second kappa shape index (κ2) is 5.88. The quantitative estimate of drug-likeness (QED) is 0.534. The zero-order valence-corrected chi connectivity index (χ0v) is 7.86. The van der Waals surface area contributed by atoms with Gasteiger partial charge in [0, 0.05) is 24.6 Å². The molecule has 0 aromatic carbocycles. The molecule has 1 aromatic heterocycles. The van der Waals surface area contributed by atoms with Crippen LogP contribution in [0.3, 0.4) is 0 Å². The molecule has 0 bridgehead atoms. The van der Waals surface area contributed by atoms with Crippen molar-refractivity contribution >= 4 is 11.6 Å². The van der Waals surface area contributed by atoms with Crippen LogP contribution in [0, 0.1) is 0 Å². The van der Waals surface area contributed by atoms with Crippen LogP contribution in [0.4, 0.5) is 5.69 Å². The summed E-state index contributed by atoms with van der Waals surface area (Å²) in [4.78, 5) is 15.1. The van der Waals surface area contributed by atoms with Gasteiger partial charge >= 0.3 is 0 Å². The van der Waals surface area contributed by atoms with E-state index in [1.165, 1.54) is 0 Å². The Balaban J connectivity index is 2.31. The lowest BCUT2D eigenvalue weighted by Gasteiger charge is -2.04. The summed E-state index contributed by atoms with van der Waals surface area (Å²) in [5.41, 5.74) is 0.755. The van der Waals surface area contributed by atoms with Gasteiger partial charge in [-0.3, -0.25) is 9.78 Å². The minimum atomic E-state index is -0.0712. The lowest BCUT2D eigenvalue weighted by molar-refractivity contribution is -0.115. The average molecular weight is 191 g/mol. The molecule has 4 nitrogen and oxygen atoms in total. The topological polar surface area (TPSA) is 54.0 Å². The fraction of sp³-hybridized carbons (Fsp3) is 0.200. The lowest BCUT2D eigenvalue weighted by atomic mass is 10.4. The Morgan fingerprint density at radius 1 is 1.50 bits per heavy atom. The average Bonchev–Trinajstić information content (AvgIpc) is 2.20. The molecule has 0 saturated heterocycles. The first-order chi connectivity index (χ1) is 6.83. The number of hydrogen-bond acceptors (Lipinski definition) is 3. The van der Waals surface area contributed by atoms with Gasteiger partial charge in [-0.15, -0.1) is 6.58 Å². The number of hydrogen-bond donors (Lipinski definition) is 2. The monoisotopic (exact) mass is 191 g/mol. The Morgan fingerprint density at radius 3 is 2.86 bits per heavy atom. The highest BCUT2D eigenvalue weighted by Crippen LogP contribution is 2.01. The van der Waals surface area contributed by atoms with E-state index in [-0.39, 0.29) is 12.5 Å². The summed E-state index contributed by atoms with van der Waals surface area (Å²) >= 11 is 0. The molecule has 0 spiro atoms. The molecule has 4 heteroatoms. The van der Waals surface area contributed by atoms with Crippen molar-refractivity contribution in [2.45, 2.75) is 0 Å². The van der Waals surface area contributed by atoms with E-state index in [2.05, 4.69) is 22.2 Å². The summed E-state index contributed by atoms with van der Waals surface area (Å²) < 4.78 is 0. The molecule has 0 fully saturated rings. The van der Waals surface area contributed by atoms with Crippen molar-refractivity contribution in [2.75, 3.05) is 18.4 Å². The van der Waals surface area contributed by atoms with Gasteiger partial charge in [-0.2, -0.15) is 0 Å². The fourth-order valence-corrected chi connectivity index (χ4v) is 0.928. The third-order valence-corrected chi connectivity index (χ3v) is 1.54. The van der Waals surface area contributed by atoms with Crippen molar-refractivity contribution < 1.29 is 4.79 Å². The van der Waals surface area contributed by atoms with Crippen LogP contribution in [0.15, 0.2) is 37.2 Å². The molecule has 0 aliphatic carbocycles. The van der Waals surface area contributed by atoms with Crippen LogP contribution in [0.1, 0.15) is 0 Å². The van der Waals surface area contributed by atoms with Crippen molar-refractivity contribution in [1.82, 2.24) is 10.3 Å². The molecule has 1 aromatic rings. The van der Waals surface area contributed by atoms with Gasteiger partial charge in [0.2, 0.25) is 5.91 Å². The molecule has 2 N–H and O–H groups in total. The molecule has 14 heavy (non-hydrogen) atoms. The molecular formula is C10H13N3O. The summed E-state index contributed by atoms with van der Waals surface area (Å²) in [6.45, 7) is 4.45. The molecule has 0 saturated carbocycles. The van der Waals surface area contributed by atoms with E-state index in [0.29, 0.717) is 6.54 Å². The van der Waals surface area contributed by atoms with Crippen LogP contribution >= 0.6 is 0 Å². The van der Waals surface area contributed by atoms with Gasteiger partial charge in [0.1, 0.15) is 0 Å². The smallest absolute Gasteiger partial charge is 0.238 e. The third kappa shape index (κ3) is 3.82. The zero-order valence-electron chi connectivity index (χ0n) is 7.86. The van der Waals surface area contributed by atoms with Gasteiger partial charge in [0.15, 0.2) is 0 Å². The number of anilines is 1. The predicted molar refractivity (Wildman–Crippen MR) is 55.9 cm³/mol. The molecule has 74 valence electrons. The first kappa shape index (κ1) is 10.4. The Kier molecular flexibility index (Phi) is 4.37. The fourth-order valence-electron chi connectivity index (χ4n) is 0.928. The van der Waals surface area contributed by atoms with Crippen molar-refractivity contribution in [1.29, 1.82) is 0 Å². The van der Waals surface area contributed by atoms with Crippen LogP contribution in [-0.2, 0) is 4.79 Å². The molecule has 1 amide bonds. The predicted octanol–water partition coefficient (Wildman–Crippen LogP) is 0.796. The molecule has 0 atom stereocenters. The Labute approximate surface area is 83.0 Å². The number of carbonyl (C=O) groups is 1. The van der Waals surface area contributed by atoms with Crippen LogP contribution < -0.4 is 10.6 Å². The maximum absolute atomic E-state index is 11.3. The van der Waals surface area contributed by atoms with Crippen LogP contribution in [0.25, 0.3) is 0 Å². The molecular weight excluding hydrogens is 178 g/mol. The van der Waals surface area contributed by atoms with Gasteiger partial charge in [0.25, 0.3) is 0 Å². The minimum Gasteiger partial charge on any atom is -0.325 e. The van der Waals surface area contributed by atoms with Crippen molar-refractivity contribution in [2.24, 2.45) is 0 Å². The Bertz CT molecular complexity index is 297. The van der Waals surface area contributed by atoms with E-state index in [1.54, 1.807) is 30.6 Å². The van der Waals surface area contributed by atoms with E-state index in [1.807, 2.05) is 0 Å². The first-order valence-electron chi connectivity index (χ1n) is 4.34. The van der Waals surface area contributed by atoms with Crippen molar-refractivity contribution in [3.05, 3.63) is 37.2 Å². The van der Waals surface area contributed by atoms with Gasteiger partial charge in [0.05, 0.1) is 6.54 Å². The summed E-state index contributed by atoms with van der Waals surface area (Å²) in [5, 5.41) is 5.63. The summed E-state index contributed by atoms with van der Waals surface area (Å²) in [6, 6.07) is 3.48. The van der Waals surface area contributed by atoms with E-state index >= 15 is 0 Å². The Morgan fingerprint density at radius 2 is 2.21 bits per heavy atom. The van der Waals surface area contributed by atoms with Crippen molar-refractivity contribution in [3.8, 4) is 0 Å².